The van der Waals surface area contributed by atoms with E-state index in [2.05, 4.69) is 4.98 Å². The molecule has 2 heterocycles. The third kappa shape index (κ3) is 4.10. The molecule has 0 bridgehead atoms. The normalized spacial score (nSPS) is 13.6. The Hall–Kier alpha value is -1.69. The predicted molar refractivity (Wildman–Crippen MR) is 109 cm³/mol. The maximum atomic E-state index is 12.7. The molecule has 0 atom stereocenters. The van der Waals surface area contributed by atoms with E-state index < -0.39 is 0 Å². The molecule has 1 aliphatic rings. The van der Waals surface area contributed by atoms with E-state index in [-0.39, 0.29) is 5.69 Å². The summed E-state index contributed by atoms with van der Waals surface area (Å²) in [6.45, 7) is 0.429. The number of aromatic nitrogens is 2. The van der Waals surface area contributed by atoms with Crippen LogP contribution < -0.4 is 5.69 Å². The molecule has 27 heavy (non-hydrogen) atoms. The molecule has 7 heteroatoms. The molecular weight excluding hydrogens is 403 g/mol. The summed E-state index contributed by atoms with van der Waals surface area (Å²) in [7, 11) is 0. The van der Waals surface area contributed by atoms with Gasteiger partial charge in [-0.25, -0.2) is 4.79 Å². The summed E-state index contributed by atoms with van der Waals surface area (Å²) < 4.78 is 7.18. The molecule has 3 aromatic rings. The largest absolute Gasteiger partial charge is 0.467 e. The van der Waals surface area contributed by atoms with Gasteiger partial charge < -0.3 is 4.42 Å². The first kappa shape index (κ1) is 18.7. The SMILES string of the molecule is O=c1nc(SCc2ccc(Cl)c(Cl)c2)c2c(n1Cc1ccco1)CCCC2. The van der Waals surface area contributed by atoms with Gasteiger partial charge in [0.05, 0.1) is 22.9 Å². The molecular formula is C20H18Cl2N2O2S. The lowest BCUT2D eigenvalue weighted by Gasteiger charge is -2.22. The molecule has 140 valence electrons. The van der Waals surface area contributed by atoms with Gasteiger partial charge in [-0.2, -0.15) is 4.98 Å². The molecule has 0 aliphatic heterocycles. The Labute approximate surface area is 171 Å². The second-order valence-corrected chi connectivity index (χ2v) is 8.31. The summed E-state index contributed by atoms with van der Waals surface area (Å²) in [6, 6.07) is 9.33. The van der Waals surface area contributed by atoms with Gasteiger partial charge in [0.1, 0.15) is 10.8 Å². The van der Waals surface area contributed by atoms with E-state index in [1.807, 2.05) is 24.3 Å². The van der Waals surface area contributed by atoms with Crippen molar-refractivity contribution in [2.24, 2.45) is 0 Å². The van der Waals surface area contributed by atoms with Crippen molar-refractivity contribution < 1.29 is 4.42 Å². The number of thioether (sulfide) groups is 1. The van der Waals surface area contributed by atoms with Crippen molar-refractivity contribution in [1.29, 1.82) is 0 Å². The standard InChI is InChI=1S/C20H18Cl2N2O2S/c21-16-8-7-13(10-17(16)22)12-27-19-15-5-1-2-6-18(15)24(20(25)23-19)11-14-4-3-9-26-14/h3-4,7-10H,1-2,5-6,11-12H2. The van der Waals surface area contributed by atoms with E-state index in [9.17, 15) is 4.79 Å². The van der Waals surface area contributed by atoms with Crippen LogP contribution in [0.1, 0.15) is 35.4 Å². The van der Waals surface area contributed by atoms with Crippen LogP contribution in [0.2, 0.25) is 10.0 Å². The number of halogens is 2. The van der Waals surface area contributed by atoms with Gasteiger partial charge in [-0.3, -0.25) is 4.57 Å². The second-order valence-electron chi connectivity index (χ2n) is 6.53. The molecule has 0 N–H and O–H groups in total. The van der Waals surface area contributed by atoms with Gasteiger partial charge in [0, 0.05) is 17.0 Å². The van der Waals surface area contributed by atoms with E-state index in [1.165, 1.54) is 5.56 Å². The Balaban J connectivity index is 1.64. The highest BCUT2D eigenvalue weighted by molar-refractivity contribution is 7.98. The maximum Gasteiger partial charge on any atom is 0.349 e. The second kappa shape index (κ2) is 8.13. The maximum absolute atomic E-state index is 12.7. The number of benzene rings is 1. The molecule has 0 saturated carbocycles. The zero-order valence-corrected chi connectivity index (χ0v) is 16.9. The van der Waals surface area contributed by atoms with Crippen molar-refractivity contribution in [3.63, 3.8) is 0 Å². The summed E-state index contributed by atoms with van der Waals surface area (Å²) >= 11 is 13.7. The molecule has 0 radical (unpaired) electrons. The minimum atomic E-state index is -0.219. The lowest BCUT2D eigenvalue weighted by molar-refractivity contribution is 0.471. The van der Waals surface area contributed by atoms with Crippen LogP contribution in [0.3, 0.4) is 0 Å². The Bertz CT molecular complexity index is 1020. The molecule has 4 nitrogen and oxygen atoms in total. The van der Waals surface area contributed by atoms with Crippen LogP contribution >= 0.6 is 35.0 Å². The fourth-order valence-corrected chi connectivity index (χ4v) is 4.71. The monoisotopic (exact) mass is 420 g/mol. The number of hydrogen-bond acceptors (Lipinski definition) is 4. The lowest BCUT2D eigenvalue weighted by atomic mass is 9.97. The highest BCUT2D eigenvalue weighted by Gasteiger charge is 2.21. The van der Waals surface area contributed by atoms with Gasteiger partial charge in [-0.05, 0) is 55.5 Å². The van der Waals surface area contributed by atoms with E-state index in [0.29, 0.717) is 22.3 Å². The fraction of sp³-hybridized carbons (Fsp3) is 0.300. The molecule has 4 rings (SSSR count). The quantitative estimate of drug-likeness (QED) is 0.411. The summed E-state index contributed by atoms with van der Waals surface area (Å²) in [5, 5.41) is 1.91. The Morgan fingerprint density at radius 2 is 2.00 bits per heavy atom. The van der Waals surface area contributed by atoms with Gasteiger partial charge in [0.25, 0.3) is 0 Å². The van der Waals surface area contributed by atoms with E-state index in [0.717, 1.165) is 47.7 Å². The smallest absolute Gasteiger partial charge is 0.349 e. The van der Waals surface area contributed by atoms with Crippen LogP contribution in [0.25, 0.3) is 0 Å². The van der Waals surface area contributed by atoms with Crippen LogP contribution in [0.15, 0.2) is 50.8 Å². The average molecular weight is 421 g/mol. The number of furan rings is 1. The van der Waals surface area contributed by atoms with Gasteiger partial charge in [0.15, 0.2) is 0 Å². The topological polar surface area (TPSA) is 48.0 Å². The van der Waals surface area contributed by atoms with Crippen molar-refractivity contribution in [3.05, 3.63) is 79.7 Å². The van der Waals surface area contributed by atoms with Crippen molar-refractivity contribution in [3.8, 4) is 0 Å². The molecule has 0 fully saturated rings. The summed E-state index contributed by atoms with van der Waals surface area (Å²) in [4.78, 5) is 17.1. The van der Waals surface area contributed by atoms with Crippen LogP contribution in [0.4, 0.5) is 0 Å². The average Bonchev–Trinajstić information content (AvgIpc) is 3.18. The number of hydrogen-bond donors (Lipinski definition) is 0. The minimum absolute atomic E-state index is 0.219. The molecule has 2 aromatic heterocycles. The van der Waals surface area contributed by atoms with E-state index >= 15 is 0 Å². The predicted octanol–water partition coefficient (Wildman–Crippen LogP) is 5.36. The first-order chi connectivity index (χ1) is 13.1. The third-order valence-corrected chi connectivity index (χ3v) is 6.53. The molecule has 0 saturated heterocycles. The van der Waals surface area contributed by atoms with Gasteiger partial charge in [0.2, 0.25) is 0 Å². The van der Waals surface area contributed by atoms with Crippen molar-refractivity contribution in [1.82, 2.24) is 9.55 Å². The van der Waals surface area contributed by atoms with Crippen LogP contribution in [0, 0.1) is 0 Å². The van der Waals surface area contributed by atoms with E-state index in [1.54, 1.807) is 28.7 Å². The Kier molecular flexibility index (Phi) is 5.62. The van der Waals surface area contributed by atoms with Crippen LogP contribution in [0.5, 0.6) is 0 Å². The number of fused-ring (bicyclic) bond motifs is 1. The molecule has 0 amide bonds. The van der Waals surface area contributed by atoms with Crippen LogP contribution in [-0.2, 0) is 25.1 Å². The van der Waals surface area contributed by atoms with Crippen molar-refractivity contribution in [2.75, 3.05) is 0 Å². The van der Waals surface area contributed by atoms with Gasteiger partial charge >= 0.3 is 5.69 Å². The zero-order chi connectivity index (χ0) is 18.8. The minimum Gasteiger partial charge on any atom is -0.467 e. The van der Waals surface area contributed by atoms with Gasteiger partial charge in [-0.1, -0.05) is 29.3 Å². The number of nitrogens with zero attached hydrogens (tertiary/aromatic N) is 2. The Morgan fingerprint density at radius 1 is 1.15 bits per heavy atom. The highest BCUT2D eigenvalue weighted by atomic mass is 35.5. The zero-order valence-electron chi connectivity index (χ0n) is 14.6. The molecule has 0 spiro atoms. The fourth-order valence-electron chi connectivity index (χ4n) is 3.37. The summed E-state index contributed by atoms with van der Waals surface area (Å²) in [6.07, 6.45) is 5.68. The summed E-state index contributed by atoms with van der Waals surface area (Å²) in [5.74, 6) is 1.46. The summed E-state index contributed by atoms with van der Waals surface area (Å²) in [5.41, 5.74) is 3.12. The van der Waals surface area contributed by atoms with Crippen LogP contribution in [-0.4, -0.2) is 9.55 Å². The first-order valence-electron chi connectivity index (χ1n) is 8.83. The van der Waals surface area contributed by atoms with Gasteiger partial charge in [-0.15, -0.1) is 11.8 Å². The highest BCUT2D eigenvalue weighted by Crippen LogP contribution is 2.32. The molecule has 1 aromatic carbocycles. The molecule has 0 unspecified atom stereocenters. The Morgan fingerprint density at radius 3 is 2.78 bits per heavy atom. The van der Waals surface area contributed by atoms with Crippen molar-refractivity contribution in [2.45, 2.75) is 43.0 Å². The molecule has 1 aliphatic carbocycles. The van der Waals surface area contributed by atoms with Crippen molar-refractivity contribution >= 4 is 35.0 Å². The van der Waals surface area contributed by atoms with E-state index in [4.69, 9.17) is 27.6 Å². The number of rotatable bonds is 5. The first-order valence-corrected chi connectivity index (χ1v) is 10.6. The lowest BCUT2D eigenvalue weighted by Crippen LogP contribution is -2.30. The third-order valence-electron chi connectivity index (χ3n) is 4.70.